The number of allylic oxidation sites excluding steroid dienone is 8. The SMILES string of the molecule is CCCCC/C=C\C/C=C\CCCCCCCCCCCC(=O)OCC(COC(=O)CCCCCCCCC/C=C\C/C=C\CCCCCC)OC(=O)CCCCCCCCCCCCCCCCCCCCC. The first kappa shape index (κ1) is 71.4. The minimum Gasteiger partial charge on any atom is -0.462 e. The van der Waals surface area contributed by atoms with Crippen LogP contribution in [0.15, 0.2) is 48.6 Å². The number of carbonyl (C=O) groups excluding carboxylic acids is 3. The molecule has 6 nitrogen and oxygen atoms in total. The van der Waals surface area contributed by atoms with Gasteiger partial charge >= 0.3 is 17.9 Å². The first-order valence-corrected chi connectivity index (χ1v) is 32.6. The van der Waals surface area contributed by atoms with E-state index in [2.05, 4.69) is 69.4 Å². The smallest absolute Gasteiger partial charge is 0.306 e. The summed E-state index contributed by atoms with van der Waals surface area (Å²) in [5.74, 6) is -0.863. The van der Waals surface area contributed by atoms with Crippen molar-refractivity contribution in [2.75, 3.05) is 13.2 Å². The normalized spacial score (nSPS) is 12.3. The first-order chi connectivity index (χ1) is 36.5. The quantitative estimate of drug-likeness (QED) is 0.0261. The molecule has 0 spiro atoms. The molecule has 0 aliphatic carbocycles. The van der Waals surface area contributed by atoms with E-state index in [1.165, 1.54) is 231 Å². The van der Waals surface area contributed by atoms with Gasteiger partial charge in [-0.05, 0) is 83.5 Å². The molecule has 0 fully saturated rings. The fraction of sp³-hybridized carbons (Fsp3) is 0.838. The molecule has 0 saturated carbocycles. The summed E-state index contributed by atoms with van der Waals surface area (Å²) in [4.78, 5) is 38.4. The lowest BCUT2D eigenvalue weighted by molar-refractivity contribution is -0.167. The number of carbonyl (C=O) groups is 3. The minimum atomic E-state index is -0.777. The topological polar surface area (TPSA) is 78.9 Å². The first-order valence-electron chi connectivity index (χ1n) is 32.6. The van der Waals surface area contributed by atoms with Crippen molar-refractivity contribution in [3.63, 3.8) is 0 Å². The molecular weight excluding hydrogens is 913 g/mol. The van der Waals surface area contributed by atoms with E-state index in [1.807, 2.05) is 0 Å². The van der Waals surface area contributed by atoms with Gasteiger partial charge in [-0.25, -0.2) is 0 Å². The Balaban J connectivity index is 4.35. The van der Waals surface area contributed by atoms with E-state index in [4.69, 9.17) is 14.2 Å². The van der Waals surface area contributed by atoms with Crippen LogP contribution in [0.3, 0.4) is 0 Å². The maximum atomic E-state index is 12.9. The fourth-order valence-electron chi connectivity index (χ4n) is 9.62. The van der Waals surface area contributed by atoms with Crippen LogP contribution >= 0.6 is 0 Å². The molecule has 0 aromatic carbocycles. The Morgan fingerprint density at radius 3 is 0.784 bits per heavy atom. The second kappa shape index (κ2) is 62.9. The van der Waals surface area contributed by atoms with E-state index in [9.17, 15) is 14.4 Å². The van der Waals surface area contributed by atoms with Gasteiger partial charge in [-0.1, -0.05) is 294 Å². The lowest BCUT2D eigenvalue weighted by Crippen LogP contribution is -2.30. The highest BCUT2D eigenvalue weighted by molar-refractivity contribution is 5.71. The van der Waals surface area contributed by atoms with Crippen molar-refractivity contribution < 1.29 is 28.6 Å². The molecule has 0 N–H and O–H groups in total. The van der Waals surface area contributed by atoms with Gasteiger partial charge in [-0.15, -0.1) is 0 Å². The summed E-state index contributed by atoms with van der Waals surface area (Å²) in [5, 5.41) is 0. The van der Waals surface area contributed by atoms with Crippen molar-refractivity contribution in [3.05, 3.63) is 48.6 Å². The van der Waals surface area contributed by atoms with Crippen molar-refractivity contribution in [2.24, 2.45) is 0 Å². The molecule has 432 valence electrons. The lowest BCUT2D eigenvalue weighted by Gasteiger charge is -2.18. The fourth-order valence-corrected chi connectivity index (χ4v) is 9.62. The molecule has 0 saturated heterocycles. The van der Waals surface area contributed by atoms with Gasteiger partial charge in [0.15, 0.2) is 6.10 Å². The van der Waals surface area contributed by atoms with Crippen LogP contribution in [-0.4, -0.2) is 37.2 Å². The third-order valence-corrected chi connectivity index (χ3v) is 14.6. The highest BCUT2D eigenvalue weighted by Gasteiger charge is 2.19. The average molecular weight is 1040 g/mol. The molecule has 0 amide bonds. The van der Waals surface area contributed by atoms with Gasteiger partial charge in [0.1, 0.15) is 13.2 Å². The van der Waals surface area contributed by atoms with E-state index in [0.29, 0.717) is 19.3 Å². The van der Waals surface area contributed by atoms with E-state index >= 15 is 0 Å². The van der Waals surface area contributed by atoms with Crippen LogP contribution in [0.1, 0.15) is 348 Å². The molecule has 0 aliphatic heterocycles. The summed E-state index contributed by atoms with van der Waals surface area (Å²) in [6.45, 7) is 6.65. The standard InChI is InChI=1S/C68H124O6/c1-4-7-10-13-16-19-22-25-28-31-34-37-40-43-46-49-52-55-58-61-67(70)73-64-65(63-72-66(69)60-57-54-51-48-45-42-39-36-33-30-27-24-21-18-15-12-9-6-3)74-68(71)62-59-56-53-50-47-44-41-38-35-32-29-26-23-20-17-14-11-8-5-2/h16,19,21,24-25,28,30,33,65H,4-15,17-18,20,22-23,26-27,29,31-32,34-64H2,1-3H3/b19-16-,24-21-,28-25-,33-30-. The predicted molar refractivity (Wildman–Crippen MR) is 321 cm³/mol. The zero-order valence-electron chi connectivity index (χ0n) is 49.6. The number of unbranched alkanes of at least 4 members (excludes halogenated alkanes) is 41. The number of esters is 3. The lowest BCUT2D eigenvalue weighted by atomic mass is 10.0. The summed E-state index contributed by atoms with van der Waals surface area (Å²) < 4.78 is 17.0. The van der Waals surface area contributed by atoms with Crippen LogP contribution in [-0.2, 0) is 28.6 Å². The third-order valence-electron chi connectivity index (χ3n) is 14.6. The Hall–Kier alpha value is -2.63. The number of hydrogen-bond acceptors (Lipinski definition) is 6. The Bertz CT molecular complexity index is 1280. The van der Waals surface area contributed by atoms with Crippen LogP contribution in [0.25, 0.3) is 0 Å². The van der Waals surface area contributed by atoms with Crippen LogP contribution in [0.4, 0.5) is 0 Å². The van der Waals surface area contributed by atoms with E-state index in [-0.39, 0.29) is 31.1 Å². The molecule has 0 aromatic rings. The summed E-state index contributed by atoms with van der Waals surface area (Å²) in [6, 6.07) is 0. The van der Waals surface area contributed by atoms with Crippen LogP contribution < -0.4 is 0 Å². The summed E-state index contributed by atoms with van der Waals surface area (Å²) >= 11 is 0. The number of hydrogen-bond donors (Lipinski definition) is 0. The Morgan fingerprint density at radius 1 is 0.270 bits per heavy atom. The molecule has 1 atom stereocenters. The second-order valence-corrected chi connectivity index (χ2v) is 22.0. The molecule has 74 heavy (non-hydrogen) atoms. The van der Waals surface area contributed by atoms with Crippen LogP contribution in [0.5, 0.6) is 0 Å². The molecular formula is C68H124O6. The van der Waals surface area contributed by atoms with Crippen molar-refractivity contribution in [1.29, 1.82) is 0 Å². The van der Waals surface area contributed by atoms with E-state index in [0.717, 1.165) is 77.0 Å². The summed E-state index contributed by atoms with van der Waals surface area (Å²) in [5.41, 5.74) is 0. The molecule has 1 unspecified atom stereocenters. The Kier molecular flexibility index (Phi) is 60.7. The largest absolute Gasteiger partial charge is 0.462 e. The van der Waals surface area contributed by atoms with Gasteiger partial charge in [0.25, 0.3) is 0 Å². The summed E-state index contributed by atoms with van der Waals surface area (Å²) in [7, 11) is 0. The van der Waals surface area contributed by atoms with Gasteiger partial charge in [-0.2, -0.15) is 0 Å². The zero-order valence-corrected chi connectivity index (χ0v) is 49.6. The van der Waals surface area contributed by atoms with Gasteiger partial charge in [0.2, 0.25) is 0 Å². The Morgan fingerprint density at radius 2 is 0.486 bits per heavy atom. The highest BCUT2D eigenvalue weighted by atomic mass is 16.6. The molecule has 0 aliphatic rings. The second-order valence-electron chi connectivity index (χ2n) is 22.0. The summed E-state index contributed by atoms with van der Waals surface area (Å²) in [6.07, 6.45) is 78.2. The molecule has 6 heteroatoms. The molecule has 0 heterocycles. The number of rotatable bonds is 60. The highest BCUT2D eigenvalue weighted by Crippen LogP contribution is 2.17. The van der Waals surface area contributed by atoms with Crippen LogP contribution in [0.2, 0.25) is 0 Å². The van der Waals surface area contributed by atoms with Crippen molar-refractivity contribution in [3.8, 4) is 0 Å². The van der Waals surface area contributed by atoms with E-state index in [1.54, 1.807) is 0 Å². The van der Waals surface area contributed by atoms with E-state index < -0.39 is 6.10 Å². The maximum absolute atomic E-state index is 12.9. The van der Waals surface area contributed by atoms with Crippen molar-refractivity contribution in [1.82, 2.24) is 0 Å². The molecule has 0 bridgehead atoms. The van der Waals surface area contributed by atoms with Gasteiger partial charge < -0.3 is 14.2 Å². The molecule has 0 radical (unpaired) electrons. The maximum Gasteiger partial charge on any atom is 0.306 e. The molecule has 0 aromatic heterocycles. The van der Waals surface area contributed by atoms with Crippen LogP contribution in [0, 0.1) is 0 Å². The van der Waals surface area contributed by atoms with Gasteiger partial charge in [0.05, 0.1) is 0 Å². The minimum absolute atomic E-state index is 0.0744. The average Bonchev–Trinajstić information content (AvgIpc) is 3.40. The van der Waals surface area contributed by atoms with Crippen molar-refractivity contribution >= 4 is 17.9 Å². The Labute approximate surface area is 460 Å². The zero-order chi connectivity index (χ0) is 53.6. The number of ether oxygens (including phenoxy) is 3. The monoisotopic (exact) mass is 1040 g/mol. The van der Waals surface area contributed by atoms with Gasteiger partial charge in [-0.3, -0.25) is 14.4 Å². The third kappa shape index (κ3) is 60.2. The molecule has 0 rings (SSSR count). The van der Waals surface area contributed by atoms with Gasteiger partial charge in [0, 0.05) is 19.3 Å². The van der Waals surface area contributed by atoms with Crippen molar-refractivity contribution in [2.45, 2.75) is 354 Å². The predicted octanol–water partition coefficient (Wildman–Crippen LogP) is 22.2.